The van der Waals surface area contributed by atoms with Crippen molar-refractivity contribution in [2.45, 2.75) is 127 Å². The van der Waals surface area contributed by atoms with Gasteiger partial charge in [-0.25, -0.2) is 0 Å². The molecular formula is C34H46F6P2. The largest absolute Gasteiger partial charge is 0.416 e. The number of halogens is 6. The number of benzene rings is 2. The Morgan fingerprint density at radius 1 is 0.619 bits per heavy atom. The monoisotopic (exact) mass is 630 g/mol. The highest BCUT2D eigenvalue weighted by molar-refractivity contribution is 7.73. The smallest absolute Gasteiger partial charge is 0.166 e. The molecule has 2 aliphatic carbocycles. The second kappa shape index (κ2) is 12.7. The number of hydrogen-bond donors (Lipinski definition) is 0. The van der Waals surface area contributed by atoms with E-state index in [1.807, 2.05) is 0 Å². The predicted molar refractivity (Wildman–Crippen MR) is 167 cm³/mol. The Balaban J connectivity index is 1.82. The highest BCUT2D eigenvalue weighted by atomic mass is 31.1. The van der Waals surface area contributed by atoms with E-state index in [0.29, 0.717) is 17.5 Å². The van der Waals surface area contributed by atoms with Crippen molar-refractivity contribution in [2.24, 2.45) is 11.8 Å². The van der Waals surface area contributed by atoms with Crippen molar-refractivity contribution in [3.05, 3.63) is 59.7 Å². The van der Waals surface area contributed by atoms with Gasteiger partial charge in [0, 0.05) is 0 Å². The fourth-order valence-electron chi connectivity index (χ4n) is 7.95. The molecule has 4 rings (SSSR count). The molecule has 0 aliphatic heterocycles. The second-order valence-electron chi connectivity index (χ2n) is 14.3. The van der Waals surface area contributed by atoms with E-state index >= 15 is 0 Å². The Labute approximate surface area is 250 Å². The van der Waals surface area contributed by atoms with Crippen molar-refractivity contribution in [1.29, 1.82) is 0 Å². The molecule has 2 fully saturated rings. The lowest BCUT2D eigenvalue weighted by Crippen LogP contribution is -2.39. The quantitative estimate of drug-likeness (QED) is 0.211. The molecule has 0 nitrogen and oxygen atoms in total. The average molecular weight is 631 g/mol. The van der Waals surface area contributed by atoms with Gasteiger partial charge in [-0.3, -0.25) is 0 Å². The van der Waals surface area contributed by atoms with Crippen molar-refractivity contribution in [2.75, 3.05) is 0 Å². The third-order valence-corrected chi connectivity index (χ3v) is 16.3. The number of rotatable bonds is 7. The summed E-state index contributed by atoms with van der Waals surface area (Å²) in [6.45, 7) is 14.2. The molecule has 2 aromatic rings. The molecule has 0 radical (unpaired) electrons. The molecule has 0 N–H and O–H groups in total. The maximum absolute atomic E-state index is 13.5. The van der Waals surface area contributed by atoms with E-state index in [4.69, 9.17) is 0 Å². The lowest BCUT2D eigenvalue weighted by molar-refractivity contribution is -0.138. The summed E-state index contributed by atoms with van der Waals surface area (Å²) in [5.41, 5.74) is -0.668. The van der Waals surface area contributed by atoms with Gasteiger partial charge in [0.2, 0.25) is 0 Å². The molecule has 2 unspecified atom stereocenters. The maximum Gasteiger partial charge on any atom is 0.416 e. The third kappa shape index (κ3) is 7.93. The normalized spacial score (nSPS) is 22.0. The Hall–Kier alpha value is -1.12. The lowest BCUT2D eigenvalue weighted by Gasteiger charge is -2.51. The Morgan fingerprint density at radius 3 is 1.43 bits per heavy atom. The molecule has 42 heavy (non-hydrogen) atoms. The molecule has 8 heteroatoms. The van der Waals surface area contributed by atoms with Crippen LogP contribution >= 0.6 is 15.8 Å². The number of alkyl halides is 6. The first-order valence-corrected chi connectivity index (χ1v) is 18.1. The fourth-order valence-corrected chi connectivity index (χ4v) is 16.5. The highest BCUT2D eigenvalue weighted by Crippen LogP contribution is 2.68. The minimum atomic E-state index is -4.44. The van der Waals surface area contributed by atoms with E-state index in [1.165, 1.54) is 32.1 Å². The van der Waals surface area contributed by atoms with Crippen LogP contribution in [0.3, 0.4) is 0 Å². The van der Waals surface area contributed by atoms with Crippen LogP contribution in [0.15, 0.2) is 48.5 Å². The molecule has 0 amide bonds. The van der Waals surface area contributed by atoms with E-state index in [2.05, 4.69) is 41.5 Å². The lowest BCUT2D eigenvalue weighted by atomic mass is 9.92. The molecule has 234 valence electrons. The van der Waals surface area contributed by atoms with E-state index in [9.17, 15) is 26.3 Å². The summed E-state index contributed by atoms with van der Waals surface area (Å²) in [5.74, 6) is 1.10. The number of hydrogen-bond acceptors (Lipinski definition) is 0. The maximum atomic E-state index is 13.5. The first kappa shape index (κ1) is 33.8. The molecule has 2 aromatic carbocycles. The predicted octanol–water partition coefficient (Wildman–Crippen LogP) is 11.4. The summed E-state index contributed by atoms with van der Waals surface area (Å²) >= 11 is 0. The summed E-state index contributed by atoms with van der Waals surface area (Å²) in [5, 5.41) is 1.89. The summed E-state index contributed by atoms with van der Waals surface area (Å²) < 4.78 is 80.9. The van der Waals surface area contributed by atoms with Crippen LogP contribution in [0.25, 0.3) is 0 Å². The van der Waals surface area contributed by atoms with Crippen molar-refractivity contribution in [3.8, 4) is 0 Å². The van der Waals surface area contributed by atoms with Crippen LogP contribution in [0.5, 0.6) is 0 Å². The van der Waals surface area contributed by atoms with Crippen molar-refractivity contribution < 1.29 is 26.3 Å². The van der Waals surface area contributed by atoms with Crippen LogP contribution in [0.4, 0.5) is 26.3 Å². The van der Waals surface area contributed by atoms with Gasteiger partial charge in [-0.1, -0.05) is 106 Å². The van der Waals surface area contributed by atoms with Gasteiger partial charge in [-0.2, -0.15) is 26.3 Å². The standard InChI is InChI=1S/C34H46F6P2/c1-31(2,3)42(32(4,5)6)30(22-23-10-7-8-11-23)28-12-9-13-29(28)41(26-18-14-24(15-19-26)33(35,36)37)27-20-16-25(17-21-27)34(38,39)40/h14-21,23,28-30H,7-13,22H2,1-6H3/t28?,29?,30-/m0/s1. The Bertz CT molecular complexity index is 1080. The molecule has 0 saturated heterocycles. The van der Waals surface area contributed by atoms with Crippen LogP contribution in [0, 0.1) is 11.8 Å². The van der Waals surface area contributed by atoms with Gasteiger partial charge in [0.05, 0.1) is 11.1 Å². The SMILES string of the molecule is CC(C)(C)P([C@@H](CC1CCCC1)C1CCCC1P(c1ccc(C(F)(F)F)cc1)c1ccc(C(F)(F)F)cc1)C(C)(C)C. The van der Waals surface area contributed by atoms with E-state index < -0.39 is 39.3 Å². The topological polar surface area (TPSA) is 0 Å². The molecule has 0 heterocycles. The second-order valence-corrected chi connectivity index (χ2v) is 20.8. The summed E-state index contributed by atoms with van der Waals surface area (Å²) in [4.78, 5) is 0. The Kier molecular flexibility index (Phi) is 10.2. The third-order valence-electron chi connectivity index (χ3n) is 9.13. The molecule has 0 bridgehead atoms. The van der Waals surface area contributed by atoms with Gasteiger partial charge < -0.3 is 0 Å². The van der Waals surface area contributed by atoms with Gasteiger partial charge in [0.15, 0.2) is 0 Å². The Morgan fingerprint density at radius 2 is 1.05 bits per heavy atom. The minimum absolute atomic E-state index is 0.121. The van der Waals surface area contributed by atoms with Crippen LogP contribution in [-0.2, 0) is 12.4 Å². The highest BCUT2D eigenvalue weighted by Gasteiger charge is 2.48. The van der Waals surface area contributed by atoms with Gasteiger partial charge in [-0.05, 0) is 95.5 Å². The zero-order chi connectivity index (χ0) is 31.1. The summed E-state index contributed by atoms with van der Waals surface area (Å²) in [6.07, 6.45) is 0.468. The molecule has 2 saturated carbocycles. The van der Waals surface area contributed by atoms with E-state index in [-0.39, 0.29) is 16.0 Å². The summed E-state index contributed by atoms with van der Waals surface area (Å²) in [6, 6.07) is 10.9. The van der Waals surface area contributed by atoms with Crippen LogP contribution in [-0.4, -0.2) is 21.6 Å². The zero-order valence-electron chi connectivity index (χ0n) is 25.7. The minimum Gasteiger partial charge on any atom is -0.166 e. The van der Waals surface area contributed by atoms with E-state index in [0.717, 1.165) is 54.1 Å². The molecule has 0 spiro atoms. The van der Waals surface area contributed by atoms with Gasteiger partial charge >= 0.3 is 12.4 Å². The molecular weight excluding hydrogens is 584 g/mol. The van der Waals surface area contributed by atoms with E-state index in [1.54, 1.807) is 24.3 Å². The van der Waals surface area contributed by atoms with Crippen molar-refractivity contribution >= 4 is 26.5 Å². The molecule has 3 atom stereocenters. The van der Waals surface area contributed by atoms with Crippen LogP contribution in [0.2, 0.25) is 0 Å². The van der Waals surface area contributed by atoms with Crippen molar-refractivity contribution in [1.82, 2.24) is 0 Å². The van der Waals surface area contributed by atoms with Crippen LogP contribution < -0.4 is 10.6 Å². The zero-order valence-corrected chi connectivity index (χ0v) is 27.5. The average Bonchev–Trinajstić information content (AvgIpc) is 3.54. The molecule has 0 aromatic heterocycles. The fraction of sp³-hybridized carbons (Fsp3) is 0.647. The molecule has 2 aliphatic rings. The summed E-state index contributed by atoms with van der Waals surface area (Å²) in [7, 11) is -1.61. The first-order valence-electron chi connectivity index (χ1n) is 15.3. The van der Waals surface area contributed by atoms with Crippen molar-refractivity contribution in [3.63, 3.8) is 0 Å². The van der Waals surface area contributed by atoms with Gasteiger partial charge in [0.25, 0.3) is 0 Å². The van der Waals surface area contributed by atoms with Gasteiger partial charge in [0.1, 0.15) is 0 Å². The first-order chi connectivity index (χ1) is 19.4. The van der Waals surface area contributed by atoms with Crippen LogP contribution in [0.1, 0.15) is 104 Å². The van der Waals surface area contributed by atoms with Gasteiger partial charge in [-0.15, -0.1) is 0 Å².